The van der Waals surface area contributed by atoms with Gasteiger partial charge >= 0.3 is 5.97 Å². The predicted octanol–water partition coefficient (Wildman–Crippen LogP) is 1.49. The molecule has 0 spiro atoms. The first-order valence-corrected chi connectivity index (χ1v) is 5.43. The smallest absolute Gasteiger partial charge is 0.371 e. The molecule has 4 nitrogen and oxygen atoms in total. The number of furan rings is 1. The van der Waals surface area contributed by atoms with Crippen LogP contribution in [0.3, 0.4) is 0 Å². The highest BCUT2D eigenvalue weighted by atomic mass is 32.2. The third-order valence-corrected chi connectivity index (χ3v) is 2.72. The average Bonchev–Trinajstić information content (AvgIpc) is 2.50. The van der Waals surface area contributed by atoms with E-state index in [1.165, 1.54) is 12.1 Å². The Bertz CT molecular complexity index is 374. The number of alkyl halides is 2. The van der Waals surface area contributed by atoms with E-state index in [-0.39, 0.29) is 17.3 Å². The van der Waals surface area contributed by atoms with Gasteiger partial charge in [0.15, 0.2) is 0 Å². The van der Waals surface area contributed by atoms with Gasteiger partial charge in [0.25, 0.3) is 0 Å². The summed E-state index contributed by atoms with van der Waals surface area (Å²) in [7, 11) is -1.74. The van der Waals surface area contributed by atoms with Gasteiger partial charge in [-0.3, -0.25) is 4.21 Å². The minimum atomic E-state index is -2.64. The Labute approximate surface area is 86.3 Å². The maximum absolute atomic E-state index is 11.8. The summed E-state index contributed by atoms with van der Waals surface area (Å²) in [6, 6.07) is 2.50. The SMILES string of the molecule is O=C(O)c1ccc(CS(=O)CC(F)F)o1. The van der Waals surface area contributed by atoms with Crippen molar-refractivity contribution in [2.75, 3.05) is 5.75 Å². The summed E-state index contributed by atoms with van der Waals surface area (Å²) in [6.45, 7) is 0. The lowest BCUT2D eigenvalue weighted by atomic mass is 10.4. The molecule has 0 aromatic carbocycles. The lowest BCUT2D eigenvalue weighted by Crippen LogP contribution is -2.08. The van der Waals surface area contributed by atoms with Gasteiger partial charge in [-0.05, 0) is 12.1 Å². The molecule has 1 aromatic rings. The molecule has 1 rings (SSSR count). The summed E-state index contributed by atoms with van der Waals surface area (Å²) in [6.07, 6.45) is -2.64. The van der Waals surface area contributed by atoms with Gasteiger partial charge in [-0.25, -0.2) is 13.6 Å². The summed E-state index contributed by atoms with van der Waals surface area (Å²) >= 11 is 0. The Morgan fingerprint density at radius 1 is 1.53 bits per heavy atom. The minimum absolute atomic E-state index is 0.131. The fraction of sp³-hybridized carbons (Fsp3) is 0.375. The lowest BCUT2D eigenvalue weighted by molar-refractivity contribution is 0.0660. The van der Waals surface area contributed by atoms with Crippen LogP contribution in [0.15, 0.2) is 16.5 Å². The zero-order valence-electron chi connectivity index (χ0n) is 7.48. The summed E-state index contributed by atoms with van der Waals surface area (Å²) in [5, 5.41) is 8.49. The molecule has 1 heterocycles. The summed E-state index contributed by atoms with van der Waals surface area (Å²) in [5.74, 6) is -2.34. The van der Waals surface area contributed by atoms with Crippen LogP contribution in [0.25, 0.3) is 0 Å². The molecule has 0 aliphatic carbocycles. The van der Waals surface area contributed by atoms with E-state index in [0.717, 1.165) is 0 Å². The van der Waals surface area contributed by atoms with E-state index in [2.05, 4.69) is 0 Å². The zero-order chi connectivity index (χ0) is 11.4. The van der Waals surface area contributed by atoms with E-state index in [9.17, 15) is 17.8 Å². The molecule has 0 aliphatic heterocycles. The van der Waals surface area contributed by atoms with Crippen molar-refractivity contribution in [3.05, 3.63) is 23.7 Å². The fourth-order valence-corrected chi connectivity index (χ4v) is 1.80. The van der Waals surface area contributed by atoms with Crippen LogP contribution < -0.4 is 0 Å². The number of carboxylic acids is 1. The third kappa shape index (κ3) is 3.78. The van der Waals surface area contributed by atoms with Crippen molar-refractivity contribution in [3.8, 4) is 0 Å². The van der Waals surface area contributed by atoms with Gasteiger partial charge in [0.1, 0.15) is 5.76 Å². The number of carbonyl (C=O) groups is 1. The Morgan fingerprint density at radius 3 is 2.67 bits per heavy atom. The predicted molar refractivity (Wildman–Crippen MR) is 48.4 cm³/mol. The van der Waals surface area contributed by atoms with Crippen LogP contribution in [0.4, 0.5) is 8.78 Å². The molecule has 0 saturated carbocycles. The van der Waals surface area contributed by atoms with E-state index in [4.69, 9.17) is 9.52 Å². The highest BCUT2D eigenvalue weighted by molar-refractivity contribution is 7.84. The van der Waals surface area contributed by atoms with Crippen LogP contribution in [0, 0.1) is 0 Å². The van der Waals surface area contributed by atoms with Crippen molar-refractivity contribution in [3.63, 3.8) is 0 Å². The number of hydrogen-bond donors (Lipinski definition) is 1. The first-order chi connectivity index (χ1) is 6.99. The van der Waals surface area contributed by atoms with Crippen LogP contribution in [-0.2, 0) is 16.6 Å². The van der Waals surface area contributed by atoms with Gasteiger partial charge in [0.05, 0.1) is 11.5 Å². The molecule has 1 aromatic heterocycles. The Hall–Kier alpha value is -1.24. The van der Waals surface area contributed by atoms with Crippen molar-refractivity contribution >= 4 is 16.8 Å². The number of aromatic carboxylic acids is 1. The number of carboxylic acid groups (broad SMARTS) is 1. The van der Waals surface area contributed by atoms with Gasteiger partial charge < -0.3 is 9.52 Å². The second-order valence-corrected chi connectivity index (χ2v) is 4.21. The average molecular weight is 238 g/mol. The van der Waals surface area contributed by atoms with E-state index in [1.807, 2.05) is 0 Å². The molecular weight excluding hydrogens is 230 g/mol. The first-order valence-electron chi connectivity index (χ1n) is 3.94. The quantitative estimate of drug-likeness (QED) is 0.843. The fourth-order valence-electron chi connectivity index (χ4n) is 0.929. The molecule has 1 N–H and O–H groups in total. The highest BCUT2D eigenvalue weighted by Crippen LogP contribution is 2.11. The lowest BCUT2D eigenvalue weighted by Gasteiger charge is -1.98. The Balaban J connectivity index is 2.57. The van der Waals surface area contributed by atoms with E-state index in [1.54, 1.807) is 0 Å². The van der Waals surface area contributed by atoms with Crippen LogP contribution >= 0.6 is 0 Å². The van der Waals surface area contributed by atoms with E-state index in [0.29, 0.717) is 0 Å². The summed E-state index contributed by atoms with van der Waals surface area (Å²) in [4.78, 5) is 10.4. The molecule has 0 aliphatic rings. The number of hydrogen-bond acceptors (Lipinski definition) is 3. The van der Waals surface area contributed by atoms with Gasteiger partial charge in [0.2, 0.25) is 12.2 Å². The van der Waals surface area contributed by atoms with Gasteiger partial charge in [-0.15, -0.1) is 0 Å². The second kappa shape index (κ2) is 5.01. The zero-order valence-corrected chi connectivity index (χ0v) is 8.30. The molecule has 0 bridgehead atoms. The van der Waals surface area contributed by atoms with Crippen molar-refractivity contribution in [2.45, 2.75) is 12.2 Å². The van der Waals surface area contributed by atoms with Gasteiger partial charge in [0, 0.05) is 10.8 Å². The Morgan fingerprint density at radius 2 is 2.20 bits per heavy atom. The van der Waals surface area contributed by atoms with Gasteiger partial charge in [-0.1, -0.05) is 0 Å². The van der Waals surface area contributed by atoms with Crippen molar-refractivity contribution in [1.82, 2.24) is 0 Å². The van der Waals surface area contributed by atoms with Crippen LogP contribution in [0.5, 0.6) is 0 Å². The molecule has 1 atom stereocenters. The molecule has 84 valence electrons. The molecule has 0 radical (unpaired) electrons. The van der Waals surface area contributed by atoms with Crippen molar-refractivity contribution in [2.24, 2.45) is 0 Å². The Kier molecular flexibility index (Phi) is 3.96. The summed E-state index contributed by atoms with van der Waals surface area (Å²) in [5.41, 5.74) is 0. The second-order valence-electron chi connectivity index (χ2n) is 2.71. The molecule has 0 fully saturated rings. The summed E-state index contributed by atoms with van der Waals surface area (Å²) < 4.78 is 39.4. The molecule has 0 amide bonds. The number of rotatable bonds is 5. The maximum atomic E-state index is 11.8. The molecule has 0 saturated heterocycles. The maximum Gasteiger partial charge on any atom is 0.371 e. The van der Waals surface area contributed by atoms with Crippen LogP contribution in [-0.4, -0.2) is 27.5 Å². The van der Waals surface area contributed by atoms with Crippen LogP contribution in [0.1, 0.15) is 16.3 Å². The standard InChI is InChI=1S/C8H8F2O4S/c9-7(10)4-15(13)3-5-1-2-6(14-5)8(11)12/h1-2,7H,3-4H2,(H,11,12). The van der Waals surface area contributed by atoms with E-state index < -0.39 is 28.9 Å². The van der Waals surface area contributed by atoms with Crippen molar-refractivity contribution in [1.29, 1.82) is 0 Å². The molecule has 15 heavy (non-hydrogen) atoms. The minimum Gasteiger partial charge on any atom is -0.475 e. The first kappa shape index (κ1) is 11.8. The highest BCUT2D eigenvalue weighted by Gasteiger charge is 2.14. The monoisotopic (exact) mass is 238 g/mol. The topological polar surface area (TPSA) is 67.5 Å². The van der Waals surface area contributed by atoms with E-state index >= 15 is 0 Å². The molecule has 1 unspecified atom stereocenters. The molecule has 7 heteroatoms. The largest absolute Gasteiger partial charge is 0.475 e. The normalized spacial score (nSPS) is 13.0. The number of halogens is 2. The van der Waals surface area contributed by atoms with Gasteiger partial charge in [-0.2, -0.15) is 0 Å². The third-order valence-electron chi connectivity index (χ3n) is 1.49. The molecular formula is C8H8F2O4S. The van der Waals surface area contributed by atoms with Crippen LogP contribution in [0.2, 0.25) is 0 Å². The van der Waals surface area contributed by atoms with Crippen molar-refractivity contribution < 1.29 is 27.3 Å².